The molecule has 2 rings (SSSR count). The standard InChI is InChI=1S/C16H18F3N5O2/c1-8(2)4-10-6-11(23-15(26)22-10)14(25)20-7-13-21-9(3)5-12(24-13)16(17,18)19/h5-6,8H,4,7H2,1-3H3,(H,20,25)(H,22,23,26). The van der Waals surface area contributed by atoms with Gasteiger partial charge < -0.3 is 10.3 Å². The predicted octanol–water partition coefficient (Wildman–Crippen LogP) is 2.02. The normalized spacial score (nSPS) is 11.7. The summed E-state index contributed by atoms with van der Waals surface area (Å²) in [6.07, 6.45) is -4.06. The molecule has 0 aromatic carbocycles. The molecule has 2 aromatic rings. The Kier molecular flexibility index (Phi) is 5.73. The predicted molar refractivity (Wildman–Crippen MR) is 86.3 cm³/mol. The van der Waals surface area contributed by atoms with E-state index >= 15 is 0 Å². The highest BCUT2D eigenvalue weighted by atomic mass is 19.4. The van der Waals surface area contributed by atoms with Gasteiger partial charge in [-0.1, -0.05) is 13.8 Å². The molecule has 0 atom stereocenters. The molecule has 0 aliphatic rings. The first-order chi connectivity index (χ1) is 12.0. The van der Waals surface area contributed by atoms with Gasteiger partial charge in [0.05, 0.1) is 6.54 Å². The van der Waals surface area contributed by atoms with E-state index in [1.807, 2.05) is 13.8 Å². The molecule has 0 bridgehead atoms. The lowest BCUT2D eigenvalue weighted by Gasteiger charge is -2.10. The Bertz CT molecular complexity index is 862. The van der Waals surface area contributed by atoms with Crippen molar-refractivity contribution in [2.75, 3.05) is 0 Å². The third-order valence-corrected chi connectivity index (χ3v) is 3.26. The number of aryl methyl sites for hydroxylation is 1. The molecule has 1 amide bonds. The maximum Gasteiger partial charge on any atom is 0.433 e. The monoisotopic (exact) mass is 369 g/mol. The molecule has 0 saturated heterocycles. The molecule has 0 aliphatic carbocycles. The van der Waals surface area contributed by atoms with Gasteiger partial charge >= 0.3 is 11.9 Å². The van der Waals surface area contributed by atoms with Crippen molar-refractivity contribution in [1.82, 2.24) is 25.3 Å². The molecule has 0 radical (unpaired) electrons. The smallest absolute Gasteiger partial charge is 0.343 e. The van der Waals surface area contributed by atoms with Gasteiger partial charge in [-0.05, 0) is 31.4 Å². The first-order valence-corrected chi connectivity index (χ1v) is 7.85. The number of rotatable bonds is 5. The van der Waals surface area contributed by atoms with E-state index in [0.717, 1.165) is 6.07 Å². The second kappa shape index (κ2) is 7.63. The number of hydrogen-bond donors (Lipinski definition) is 2. The fraction of sp³-hybridized carbons (Fsp3) is 0.438. The Morgan fingerprint density at radius 2 is 1.92 bits per heavy atom. The zero-order valence-electron chi connectivity index (χ0n) is 14.4. The molecule has 2 N–H and O–H groups in total. The number of aromatic nitrogens is 4. The van der Waals surface area contributed by atoms with Crippen LogP contribution in [-0.4, -0.2) is 25.8 Å². The van der Waals surface area contributed by atoms with Crippen LogP contribution in [0.25, 0.3) is 0 Å². The highest BCUT2D eigenvalue weighted by Gasteiger charge is 2.33. The third-order valence-electron chi connectivity index (χ3n) is 3.26. The van der Waals surface area contributed by atoms with Crippen molar-refractivity contribution in [3.8, 4) is 0 Å². The first kappa shape index (κ1) is 19.5. The number of hydrogen-bond acceptors (Lipinski definition) is 5. The molecule has 26 heavy (non-hydrogen) atoms. The van der Waals surface area contributed by atoms with Crippen LogP contribution in [-0.2, 0) is 19.1 Å². The lowest BCUT2D eigenvalue weighted by atomic mass is 10.1. The molecular weight excluding hydrogens is 351 g/mol. The Morgan fingerprint density at radius 3 is 2.54 bits per heavy atom. The SMILES string of the molecule is Cc1cc(C(F)(F)F)nc(CNC(=O)c2cc(CC(C)C)[nH]c(=O)n2)n1. The van der Waals surface area contributed by atoms with Crippen molar-refractivity contribution in [2.24, 2.45) is 5.92 Å². The summed E-state index contributed by atoms with van der Waals surface area (Å²) in [7, 11) is 0. The number of carbonyl (C=O) groups excluding carboxylic acids is 1. The largest absolute Gasteiger partial charge is 0.433 e. The van der Waals surface area contributed by atoms with Gasteiger partial charge in [-0.3, -0.25) is 4.79 Å². The minimum absolute atomic E-state index is 0.118. The fourth-order valence-corrected chi connectivity index (χ4v) is 2.28. The average Bonchev–Trinajstić information content (AvgIpc) is 2.50. The van der Waals surface area contributed by atoms with Gasteiger partial charge in [-0.25, -0.2) is 14.8 Å². The molecule has 0 fully saturated rings. The molecule has 10 heteroatoms. The van der Waals surface area contributed by atoms with Crippen LogP contribution in [0.2, 0.25) is 0 Å². The van der Waals surface area contributed by atoms with E-state index in [9.17, 15) is 22.8 Å². The third kappa shape index (κ3) is 5.36. The number of nitrogens with zero attached hydrogens (tertiary/aromatic N) is 3. The molecule has 0 spiro atoms. The molecule has 140 valence electrons. The maximum atomic E-state index is 12.8. The van der Waals surface area contributed by atoms with Crippen molar-refractivity contribution in [3.05, 3.63) is 51.2 Å². The topological polar surface area (TPSA) is 101 Å². The van der Waals surface area contributed by atoms with Crippen LogP contribution < -0.4 is 11.0 Å². The number of alkyl halides is 3. The summed E-state index contributed by atoms with van der Waals surface area (Å²) in [6, 6.07) is 2.26. The van der Waals surface area contributed by atoms with E-state index < -0.39 is 23.5 Å². The van der Waals surface area contributed by atoms with Crippen molar-refractivity contribution >= 4 is 5.91 Å². The van der Waals surface area contributed by atoms with E-state index in [0.29, 0.717) is 12.1 Å². The van der Waals surface area contributed by atoms with Crippen LogP contribution in [0.15, 0.2) is 16.9 Å². The van der Waals surface area contributed by atoms with Crippen LogP contribution in [0.4, 0.5) is 13.2 Å². The van der Waals surface area contributed by atoms with E-state index in [2.05, 4.69) is 25.3 Å². The van der Waals surface area contributed by atoms with Crippen molar-refractivity contribution in [3.63, 3.8) is 0 Å². The lowest BCUT2D eigenvalue weighted by Crippen LogP contribution is -2.28. The first-order valence-electron chi connectivity index (χ1n) is 7.85. The molecule has 0 unspecified atom stereocenters. The van der Waals surface area contributed by atoms with Crippen molar-refractivity contribution < 1.29 is 18.0 Å². The van der Waals surface area contributed by atoms with Gasteiger partial charge in [0.2, 0.25) is 0 Å². The summed E-state index contributed by atoms with van der Waals surface area (Å²) in [5.74, 6) is -0.622. The van der Waals surface area contributed by atoms with E-state index in [-0.39, 0.29) is 29.7 Å². The number of H-pyrrole nitrogens is 1. The van der Waals surface area contributed by atoms with Gasteiger partial charge in [0.25, 0.3) is 5.91 Å². The Labute approximate surface area is 147 Å². The Morgan fingerprint density at radius 1 is 1.23 bits per heavy atom. The minimum atomic E-state index is -4.60. The summed E-state index contributed by atoms with van der Waals surface area (Å²) >= 11 is 0. The van der Waals surface area contributed by atoms with Crippen molar-refractivity contribution in [1.29, 1.82) is 0 Å². The van der Waals surface area contributed by atoms with Gasteiger partial charge in [0.15, 0.2) is 0 Å². The average molecular weight is 369 g/mol. The van der Waals surface area contributed by atoms with Crippen LogP contribution in [0.1, 0.15) is 47.2 Å². The van der Waals surface area contributed by atoms with Crippen LogP contribution in [0, 0.1) is 12.8 Å². The number of amides is 1. The zero-order chi connectivity index (χ0) is 19.5. The second-order valence-corrected chi connectivity index (χ2v) is 6.19. The van der Waals surface area contributed by atoms with E-state index in [4.69, 9.17) is 0 Å². The molecule has 7 nitrogen and oxygen atoms in total. The molecular formula is C16H18F3N5O2. The number of halogens is 3. The Hall–Kier alpha value is -2.78. The molecule has 2 heterocycles. The Balaban J connectivity index is 2.15. The quantitative estimate of drug-likeness (QED) is 0.840. The minimum Gasteiger partial charge on any atom is -0.343 e. The van der Waals surface area contributed by atoms with Gasteiger partial charge in [-0.2, -0.15) is 18.2 Å². The summed E-state index contributed by atoms with van der Waals surface area (Å²) in [5.41, 5.74) is -1.18. The highest BCUT2D eigenvalue weighted by molar-refractivity contribution is 5.92. The summed E-state index contributed by atoms with van der Waals surface area (Å²) in [5, 5.41) is 2.38. The molecule has 0 saturated carbocycles. The molecule has 2 aromatic heterocycles. The fourth-order valence-electron chi connectivity index (χ4n) is 2.28. The van der Waals surface area contributed by atoms with Crippen molar-refractivity contribution in [2.45, 2.75) is 39.9 Å². The number of carbonyl (C=O) groups is 1. The molecule has 0 aliphatic heterocycles. The van der Waals surface area contributed by atoms with Gasteiger partial charge in [0.1, 0.15) is 17.2 Å². The highest BCUT2D eigenvalue weighted by Crippen LogP contribution is 2.27. The van der Waals surface area contributed by atoms with E-state index in [1.165, 1.54) is 13.0 Å². The lowest BCUT2D eigenvalue weighted by molar-refractivity contribution is -0.141. The number of nitrogens with one attached hydrogen (secondary N) is 2. The summed E-state index contributed by atoms with van der Waals surface area (Å²) in [6.45, 7) is 4.98. The zero-order valence-corrected chi connectivity index (χ0v) is 14.4. The van der Waals surface area contributed by atoms with Gasteiger partial charge in [0, 0.05) is 11.4 Å². The summed E-state index contributed by atoms with van der Waals surface area (Å²) in [4.78, 5) is 37.2. The van der Waals surface area contributed by atoms with E-state index in [1.54, 1.807) is 0 Å². The van der Waals surface area contributed by atoms with Crippen LogP contribution in [0.3, 0.4) is 0 Å². The maximum absolute atomic E-state index is 12.8. The second-order valence-electron chi connectivity index (χ2n) is 6.19. The number of aromatic amines is 1. The van der Waals surface area contributed by atoms with Crippen LogP contribution in [0.5, 0.6) is 0 Å². The van der Waals surface area contributed by atoms with Gasteiger partial charge in [-0.15, -0.1) is 0 Å². The summed E-state index contributed by atoms with van der Waals surface area (Å²) < 4.78 is 38.3. The van der Waals surface area contributed by atoms with Crippen LogP contribution >= 0.6 is 0 Å².